The molecule has 1 amide bonds. The summed E-state index contributed by atoms with van der Waals surface area (Å²) >= 11 is 3.24. The number of nitrogens with zero attached hydrogens (tertiary/aromatic N) is 3. The summed E-state index contributed by atoms with van der Waals surface area (Å²) in [4.78, 5) is 12.3. The van der Waals surface area contributed by atoms with Gasteiger partial charge in [0.25, 0.3) is 5.91 Å². The predicted octanol–water partition coefficient (Wildman–Crippen LogP) is 3.99. The summed E-state index contributed by atoms with van der Waals surface area (Å²) < 4.78 is 1.71. The molecule has 7 heteroatoms. The molecule has 0 unspecified atom stereocenters. The molecule has 0 aliphatic heterocycles. The van der Waals surface area contributed by atoms with E-state index in [4.69, 9.17) is 0 Å². The molecule has 0 saturated carbocycles. The van der Waals surface area contributed by atoms with Crippen molar-refractivity contribution >= 4 is 28.6 Å². The zero-order valence-corrected chi connectivity index (χ0v) is 14.8. The molecule has 3 heterocycles. The quantitative estimate of drug-likeness (QED) is 0.581. The highest BCUT2D eigenvalue weighted by Gasteiger charge is 2.08. The van der Waals surface area contributed by atoms with Crippen LogP contribution in [0.25, 0.3) is 16.1 Å². The van der Waals surface area contributed by atoms with Crippen LogP contribution in [0.4, 0.5) is 0 Å². The van der Waals surface area contributed by atoms with E-state index in [-0.39, 0.29) is 5.91 Å². The van der Waals surface area contributed by atoms with Crippen LogP contribution in [0.15, 0.2) is 64.8 Å². The number of hydrogen-bond acceptors (Lipinski definition) is 5. The lowest BCUT2D eigenvalue weighted by Gasteiger charge is -2.04. The number of rotatable bonds is 5. The molecule has 3 aromatic heterocycles. The third-order valence-corrected chi connectivity index (χ3v) is 5.25. The first-order chi connectivity index (χ1) is 12.3. The fourth-order valence-electron chi connectivity index (χ4n) is 2.40. The second kappa shape index (κ2) is 7.00. The van der Waals surface area contributed by atoms with Crippen molar-refractivity contribution in [1.82, 2.24) is 20.3 Å². The molecule has 25 heavy (non-hydrogen) atoms. The molecular weight excluding hydrogens is 352 g/mol. The number of hydrogen-bond donors (Lipinski definition) is 1. The third-order valence-electron chi connectivity index (χ3n) is 3.70. The van der Waals surface area contributed by atoms with Crippen molar-refractivity contribution in [2.75, 3.05) is 0 Å². The van der Waals surface area contributed by atoms with Crippen molar-refractivity contribution in [3.8, 4) is 16.1 Å². The van der Waals surface area contributed by atoms with Gasteiger partial charge in [0.2, 0.25) is 0 Å². The Bertz CT molecular complexity index is 957. The summed E-state index contributed by atoms with van der Waals surface area (Å²) in [5, 5.41) is 18.2. The Morgan fingerprint density at radius 1 is 1.08 bits per heavy atom. The molecule has 0 aliphatic rings. The van der Waals surface area contributed by atoms with Crippen LogP contribution in [0.1, 0.15) is 16.1 Å². The molecule has 124 valence electrons. The maximum absolute atomic E-state index is 12.3. The van der Waals surface area contributed by atoms with Gasteiger partial charge in [0.05, 0.1) is 12.7 Å². The summed E-state index contributed by atoms with van der Waals surface area (Å²) in [6, 6.07) is 13.6. The van der Waals surface area contributed by atoms with Gasteiger partial charge in [-0.25, -0.2) is 4.68 Å². The number of aromatic nitrogens is 3. The lowest BCUT2D eigenvalue weighted by molar-refractivity contribution is 0.0950. The van der Waals surface area contributed by atoms with Crippen LogP contribution in [-0.4, -0.2) is 20.9 Å². The molecule has 0 fully saturated rings. The molecular formula is C18H14N4OS2. The van der Waals surface area contributed by atoms with Crippen LogP contribution in [-0.2, 0) is 6.54 Å². The second-order valence-corrected chi connectivity index (χ2v) is 7.08. The van der Waals surface area contributed by atoms with Gasteiger partial charge >= 0.3 is 0 Å². The van der Waals surface area contributed by atoms with Crippen LogP contribution in [0.2, 0.25) is 0 Å². The molecule has 0 radical (unpaired) electrons. The standard InChI is InChI=1S/C18H14N4OS2/c23-18(14-5-3-13(4-6-14)15-7-9-24-12-15)19-10-16-11-22(21-20-16)17-2-1-8-25-17/h1-9,11-12H,10H2,(H,19,23). The van der Waals surface area contributed by atoms with Crippen molar-refractivity contribution in [2.24, 2.45) is 0 Å². The van der Waals surface area contributed by atoms with Crippen LogP contribution >= 0.6 is 22.7 Å². The molecule has 4 rings (SSSR count). The van der Waals surface area contributed by atoms with E-state index in [1.165, 1.54) is 5.56 Å². The zero-order valence-electron chi connectivity index (χ0n) is 13.1. The molecule has 0 aliphatic carbocycles. The number of benzene rings is 1. The van der Waals surface area contributed by atoms with Crippen molar-refractivity contribution in [3.63, 3.8) is 0 Å². The van der Waals surface area contributed by atoms with Gasteiger partial charge in [-0.2, -0.15) is 11.3 Å². The monoisotopic (exact) mass is 366 g/mol. The number of amides is 1. The van der Waals surface area contributed by atoms with Crippen molar-refractivity contribution in [2.45, 2.75) is 6.54 Å². The van der Waals surface area contributed by atoms with Crippen LogP contribution in [0, 0.1) is 0 Å². The summed E-state index contributed by atoms with van der Waals surface area (Å²) in [6.45, 7) is 0.344. The van der Waals surface area contributed by atoms with Gasteiger partial charge in [0.15, 0.2) is 0 Å². The summed E-state index contributed by atoms with van der Waals surface area (Å²) in [5.74, 6) is -0.123. The SMILES string of the molecule is O=C(NCc1cn(-c2cccs2)nn1)c1ccc(-c2ccsc2)cc1. The Kier molecular flexibility index (Phi) is 4.41. The van der Waals surface area contributed by atoms with E-state index < -0.39 is 0 Å². The third kappa shape index (κ3) is 3.52. The number of carbonyl (C=O) groups is 1. The largest absolute Gasteiger partial charge is 0.346 e. The first-order valence-electron chi connectivity index (χ1n) is 7.65. The lowest BCUT2D eigenvalue weighted by Crippen LogP contribution is -2.22. The van der Waals surface area contributed by atoms with E-state index in [0.29, 0.717) is 12.1 Å². The minimum atomic E-state index is -0.123. The van der Waals surface area contributed by atoms with E-state index in [9.17, 15) is 4.79 Å². The highest BCUT2D eigenvalue weighted by atomic mass is 32.1. The zero-order chi connectivity index (χ0) is 17.1. The topological polar surface area (TPSA) is 59.8 Å². The molecule has 1 N–H and O–H groups in total. The highest BCUT2D eigenvalue weighted by molar-refractivity contribution is 7.12. The van der Waals surface area contributed by atoms with E-state index in [0.717, 1.165) is 16.3 Å². The lowest BCUT2D eigenvalue weighted by atomic mass is 10.1. The molecule has 5 nitrogen and oxygen atoms in total. The Hall–Kier alpha value is -2.77. The maximum atomic E-state index is 12.3. The average molecular weight is 366 g/mol. The number of carbonyl (C=O) groups excluding carboxylic acids is 1. The van der Waals surface area contributed by atoms with Gasteiger partial charge < -0.3 is 5.32 Å². The first-order valence-corrected chi connectivity index (χ1v) is 9.48. The molecule has 0 bridgehead atoms. The minimum absolute atomic E-state index is 0.123. The fourth-order valence-corrected chi connectivity index (χ4v) is 3.72. The van der Waals surface area contributed by atoms with Crippen molar-refractivity contribution < 1.29 is 4.79 Å². The Morgan fingerprint density at radius 3 is 2.68 bits per heavy atom. The Morgan fingerprint density at radius 2 is 1.96 bits per heavy atom. The van der Waals surface area contributed by atoms with Crippen LogP contribution in [0.5, 0.6) is 0 Å². The van der Waals surface area contributed by atoms with Gasteiger partial charge in [-0.05, 0) is 57.6 Å². The first kappa shape index (κ1) is 15.7. The smallest absolute Gasteiger partial charge is 0.251 e. The van der Waals surface area contributed by atoms with E-state index in [2.05, 4.69) is 27.1 Å². The number of nitrogens with one attached hydrogen (secondary N) is 1. The molecule has 4 aromatic rings. The highest BCUT2D eigenvalue weighted by Crippen LogP contribution is 2.22. The van der Waals surface area contributed by atoms with Crippen molar-refractivity contribution in [1.29, 1.82) is 0 Å². The normalized spacial score (nSPS) is 10.7. The van der Waals surface area contributed by atoms with E-state index in [1.54, 1.807) is 27.4 Å². The van der Waals surface area contributed by atoms with Crippen molar-refractivity contribution in [3.05, 3.63) is 76.1 Å². The summed E-state index contributed by atoms with van der Waals surface area (Å²) in [6.07, 6.45) is 1.83. The van der Waals surface area contributed by atoms with Gasteiger partial charge in [-0.15, -0.1) is 16.4 Å². The van der Waals surface area contributed by atoms with Gasteiger partial charge in [0, 0.05) is 5.56 Å². The van der Waals surface area contributed by atoms with Gasteiger partial charge in [-0.3, -0.25) is 4.79 Å². The fraction of sp³-hybridized carbons (Fsp3) is 0.0556. The molecule has 0 atom stereocenters. The molecule has 0 spiro atoms. The predicted molar refractivity (Wildman–Crippen MR) is 100 cm³/mol. The molecule has 0 saturated heterocycles. The second-order valence-electron chi connectivity index (χ2n) is 5.38. The van der Waals surface area contributed by atoms with Gasteiger partial charge in [0.1, 0.15) is 10.7 Å². The summed E-state index contributed by atoms with van der Waals surface area (Å²) in [5.41, 5.74) is 3.63. The maximum Gasteiger partial charge on any atom is 0.251 e. The molecule has 1 aromatic carbocycles. The summed E-state index contributed by atoms with van der Waals surface area (Å²) in [7, 11) is 0. The Labute approximate surface area is 152 Å². The van der Waals surface area contributed by atoms with Crippen LogP contribution in [0.3, 0.4) is 0 Å². The average Bonchev–Trinajstić information content (AvgIpc) is 3.42. The minimum Gasteiger partial charge on any atom is -0.346 e. The van der Waals surface area contributed by atoms with E-state index >= 15 is 0 Å². The van der Waals surface area contributed by atoms with E-state index in [1.807, 2.05) is 53.4 Å². The number of thiophene rings is 2. The van der Waals surface area contributed by atoms with Crippen LogP contribution < -0.4 is 5.32 Å². The van der Waals surface area contributed by atoms with Gasteiger partial charge in [-0.1, -0.05) is 17.3 Å². The Balaban J connectivity index is 1.39.